The smallest absolute Gasteiger partial charge is 0.271 e. The van der Waals surface area contributed by atoms with Crippen LogP contribution >= 0.6 is 15.9 Å². The predicted octanol–water partition coefficient (Wildman–Crippen LogP) is 3.33. The highest BCUT2D eigenvalue weighted by Gasteiger charge is 2.08. The second-order valence-electron chi connectivity index (χ2n) is 4.71. The summed E-state index contributed by atoms with van der Waals surface area (Å²) in [7, 11) is 1.55. The van der Waals surface area contributed by atoms with Gasteiger partial charge in [0, 0.05) is 5.56 Å². The standard InChI is InChI=1S/C17H17BrN2O4/c1-3-24-16-8-11(4-6-14(16)21)10-19-20-17(22)12-5-7-15(23-2)13(18)9-12/h4-10,21H,3H2,1-2H3,(H,20,22)/b19-10+. The van der Waals surface area contributed by atoms with E-state index < -0.39 is 0 Å². The van der Waals surface area contributed by atoms with Crippen LogP contribution in [0.4, 0.5) is 0 Å². The van der Waals surface area contributed by atoms with Crippen LogP contribution < -0.4 is 14.9 Å². The van der Waals surface area contributed by atoms with E-state index in [1.54, 1.807) is 37.4 Å². The average molecular weight is 393 g/mol. The van der Waals surface area contributed by atoms with Crippen LogP contribution in [0.5, 0.6) is 17.2 Å². The van der Waals surface area contributed by atoms with Gasteiger partial charge in [-0.1, -0.05) is 0 Å². The van der Waals surface area contributed by atoms with E-state index in [9.17, 15) is 9.90 Å². The highest BCUT2D eigenvalue weighted by molar-refractivity contribution is 9.10. The Hall–Kier alpha value is -2.54. The molecule has 2 aromatic carbocycles. The van der Waals surface area contributed by atoms with Crippen LogP contribution in [0.25, 0.3) is 0 Å². The van der Waals surface area contributed by atoms with E-state index in [4.69, 9.17) is 9.47 Å². The summed E-state index contributed by atoms with van der Waals surface area (Å²) < 4.78 is 11.1. The van der Waals surface area contributed by atoms with Crippen LogP contribution in [0.15, 0.2) is 46.0 Å². The van der Waals surface area contributed by atoms with Gasteiger partial charge in [0.05, 0.1) is 24.4 Å². The summed E-state index contributed by atoms with van der Waals surface area (Å²) in [4.78, 5) is 12.1. The summed E-state index contributed by atoms with van der Waals surface area (Å²) in [6.07, 6.45) is 1.47. The van der Waals surface area contributed by atoms with Gasteiger partial charge in [-0.05, 0) is 64.8 Å². The lowest BCUT2D eigenvalue weighted by molar-refractivity contribution is 0.0955. The number of nitrogens with zero attached hydrogens (tertiary/aromatic N) is 1. The molecule has 0 radical (unpaired) electrons. The lowest BCUT2D eigenvalue weighted by atomic mass is 10.2. The molecule has 126 valence electrons. The van der Waals surface area contributed by atoms with E-state index in [0.717, 1.165) is 0 Å². The molecule has 6 nitrogen and oxygen atoms in total. The fraction of sp³-hybridized carbons (Fsp3) is 0.176. The highest BCUT2D eigenvalue weighted by Crippen LogP contribution is 2.26. The Labute approximate surface area is 148 Å². The number of hydrogen-bond acceptors (Lipinski definition) is 5. The van der Waals surface area contributed by atoms with Gasteiger partial charge in [-0.3, -0.25) is 4.79 Å². The van der Waals surface area contributed by atoms with Crippen LogP contribution in [0, 0.1) is 0 Å². The van der Waals surface area contributed by atoms with Crippen LogP contribution in [0.3, 0.4) is 0 Å². The topological polar surface area (TPSA) is 80.2 Å². The largest absolute Gasteiger partial charge is 0.504 e. The van der Waals surface area contributed by atoms with Gasteiger partial charge in [0.1, 0.15) is 5.75 Å². The van der Waals surface area contributed by atoms with Gasteiger partial charge in [0.25, 0.3) is 5.91 Å². The monoisotopic (exact) mass is 392 g/mol. The minimum atomic E-state index is -0.349. The number of amides is 1. The molecule has 2 N–H and O–H groups in total. The third-order valence-corrected chi connectivity index (χ3v) is 3.70. The fourth-order valence-corrected chi connectivity index (χ4v) is 2.46. The molecule has 0 unspecified atom stereocenters. The second kappa shape index (κ2) is 8.35. The molecule has 2 rings (SSSR count). The molecule has 1 amide bonds. The molecular weight excluding hydrogens is 376 g/mol. The number of phenols is 1. The van der Waals surface area contributed by atoms with Crippen molar-refractivity contribution in [3.63, 3.8) is 0 Å². The Morgan fingerprint density at radius 2 is 2.08 bits per heavy atom. The zero-order valence-electron chi connectivity index (χ0n) is 13.2. The molecule has 0 spiro atoms. The molecule has 0 aliphatic rings. The van der Waals surface area contributed by atoms with Gasteiger partial charge >= 0.3 is 0 Å². The zero-order valence-corrected chi connectivity index (χ0v) is 14.8. The molecule has 0 aromatic heterocycles. The maximum absolute atomic E-state index is 12.1. The van der Waals surface area contributed by atoms with E-state index in [-0.39, 0.29) is 11.7 Å². The number of methoxy groups -OCH3 is 1. The SMILES string of the molecule is CCOc1cc(/C=N/NC(=O)c2ccc(OC)c(Br)c2)ccc1O. The van der Waals surface area contributed by atoms with Gasteiger partial charge in [-0.2, -0.15) is 5.10 Å². The number of carbonyl (C=O) groups is 1. The maximum Gasteiger partial charge on any atom is 0.271 e. The minimum Gasteiger partial charge on any atom is -0.504 e. The van der Waals surface area contributed by atoms with Crippen molar-refractivity contribution in [1.82, 2.24) is 5.43 Å². The molecule has 0 saturated heterocycles. The number of aromatic hydroxyl groups is 1. The molecule has 24 heavy (non-hydrogen) atoms. The molecule has 0 aliphatic heterocycles. The number of rotatable bonds is 6. The molecule has 0 atom stereocenters. The van der Waals surface area contributed by atoms with E-state index >= 15 is 0 Å². The number of carbonyl (C=O) groups excluding carboxylic acids is 1. The average Bonchev–Trinajstić information content (AvgIpc) is 2.57. The Kier molecular flexibility index (Phi) is 6.20. The number of phenolic OH excluding ortho intramolecular Hbond substituents is 1. The van der Waals surface area contributed by atoms with Gasteiger partial charge in [0.15, 0.2) is 11.5 Å². The summed E-state index contributed by atoms with van der Waals surface area (Å²) in [5, 5.41) is 13.6. The molecule has 0 aliphatic carbocycles. The van der Waals surface area contributed by atoms with Crippen molar-refractivity contribution >= 4 is 28.1 Å². The summed E-state index contributed by atoms with van der Waals surface area (Å²) >= 11 is 3.33. The normalized spacial score (nSPS) is 10.6. The summed E-state index contributed by atoms with van der Waals surface area (Å²) in [5.41, 5.74) is 3.58. The molecule has 0 fully saturated rings. The number of nitrogens with one attached hydrogen (secondary N) is 1. The Morgan fingerprint density at radius 1 is 1.29 bits per heavy atom. The summed E-state index contributed by atoms with van der Waals surface area (Å²) in [6, 6.07) is 9.79. The number of halogens is 1. The molecular formula is C17H17BrN2O4. The first-order chi connectivity index (χ1) is 11.5. The van der Waals surface area contributed by atoms with Crippen LogP contribution in [0.1, 0.15) is 22.8 Å². The van der Waals surface area contributed by atoms with Crippen LogP contribution in [-0.2, 0) is 0 Å². The first-order valence-electron chi connectivity index (χ1n) is 7.18. The van der Waals surface area contributed by atoms with E-state index in [2.05, 4.69) is 26.5 Å². The summed E-state index contributed by atoms with van der Waals surface area (Å²) in [6.45, 7) is 2.27. The van der Waals surface area contributed by atoms with Gasteiger partial charge in [-0.25, -0.2) is 5.43 Å². The minimum absolute atomic E-state index is 0.0566. The number of hydrogen-bond donors (Lipinski definition) is 2. The maximum atomic E-state index is 12.1. The molecule has 0 bridgehead atoms. The van der Waals surface area contributed by atoms with Crippen molar-refractivity contribution < 1.29 is 19.4 Å². The van der Waals surface area contributed by atoms with Crippen molar-refractivity contribution in [2.45, 2.75) is 6.92 Å². The van der Waals surface area contributed by atoms with Gasteiger partial charge in [-0.15, -0.1) is 0 Å². The predicted molar refractivity (Wildman–Crippen MR) is 95.0 cm³/mol. The Balaban J connectivity index is 2.04. The third-order valence-electron chi connectivity index (χ3n) is 3.08. The Bertz CT molecular complexity index is 762. The lowest BCUT2D eigenvalue weighted by Crippen LogP contribution is -2.17. The first kappa shape index (κ1) is 17.8. The fourth-order valence-electron chi connectivity index (χ4n) is 1.92. The van der Waals surface area contributed by atoms with Crippen LogP contribution in [0.2, 0.25) is 0 Å². The van der Waals surface area contributed by atoms with Gasteiger partial charge in [0.2, 0.25) is 0 Å². The number of hydrazone groups is 1. The molecule has 0 heterocycles. The first-order valence-corrected chi connectivity index (χ1v) is 7.97. The molecule has 0 saturated carbocycles. The third kappa shape index (κ3) is 4.48. The van der Waals surface area contributed by atoms with Crippen molar-refractivity contribution in [1.29, 1.82) is 0 Å². The molecule has 2 aromatic rings. The second-order valence-corrected chi connectivity index (χ2v) is 5.56. The van der Waals surface area contributed by atoms with Crippen molar-refractivity contribution in [3.8, 4) is 17.2 Å². The Morgan fingerprint density at radius 3 is 2.75 bits per heavy atom. The van der Waals surface area contributed by atoms with Crippen molar-refractivity contribution in [2.24, 2.45) is 5.10 Å². The van der Waals surface area contributed by atoms with E-state index in [1.165, 1.54) is 12.3 Å². The van der Waals surface area contributed by atoms with Gasteiger partial charge < -0.3 is 14.6 Å². The van der Waals surface area contributed by atoms with E-state index in [1.807, 2.05) is 6.92 Å². The van der Waals surface area contributed by atoms with Crippen molar-refractivity contribution in [3.05, 3.63) is 52.0 Å². The molecule has 7 heteroatoms. The number of benzene rings is 2. The highest BCUT2D eigenvalue weighted by atomic mass is 79.9. The number of ether oxygens (including phenoxy) is 2. The van der Waals surface area contributed by atoms with Crippen LogP contribution in [-0.4, -0.2) is 30.9 Å². The van der Waals surface area contributed by atoms with E-state index in [0.29, 0.717) is 33.7 Å². The lowest BCUT2D eigenvalue weighted by Gasteiger charge is -2.06. The summed E-state index contributed by atoms with van der Waals surface area (Å²) in [5.74, 6) is 0.717. The quantitative estimate of drug-likeness (QED) is 0.583. The van der Waals surface area contributed by atoms with Crippen molar-refractivity contribution in [2.75, 3.05) is 13.7 Å². The zero-order chi connectivity index (χ0) is 17.5.